The minimum absolute atomic E-state index is 0.647. The molecule has 234 valence electrons. The standard InChI is InChI=1S/C46H30N4/c1-3-12-31(13-4-1)33-22-24-37(25-23-33)49-41-20-9-7-18-38(41)39-26-27-43-44(45(39)49)40-19-8-10-21-42(40)50(43)46-47-29-36(30-48-46)35-17-11-16-34(28-35)32-14-5-2-6-15-32/h1-30H. The molecule has 50 heavy (non-hydrogen) atoms. The Bertz CT molecular complexity index is 2830. The predicted octanol–water partition coefficient (Wildman–Crippen LogP) is 11.7. The highest BCUT2D eigenvalue weighted by molar-refractivity contribution is 6.26. The van der Waals surface area contributed by atoms with Crippen LogP contribution in [-0.2, 0) is 0 Å². The van der Waals surface area contributed by atoms with Gasteiger partial charge in [-0.05, 0) is 64.2 Å². The molecule has 0 unspecified atom stereocenters. The van der Waals surface area contributed by atoms with Crippen LogP contribution in [0.4, 0.5) is 0 Å². The van der Waals surface area contributed by atoms with Crippen LogP contribution in [0.15, 0.2) is 182 Å². The molecule has 0 aliphatic rings. The molecular formula is C46H30N4. The van der Waals surface area contributed by atoms with Gasteiger partial charge in [-0.1, -0.05) is 133 Å². The molecule has 0 spiro atoms. The molecule has 4 heteroatoms. The molecule has 0 aliphatic heterocycles. The van der Waals surface area contributed by atoms with Crippen LogP contribution in [0.5, 0.6) is 0 Å². The molecule has 4 nitrogen and oxygen atoms in total. The van der Waals surface area contributed by atoms with E-state index in [0.29, 0.717) is 5.95 Å². The molecule has 0 N–H and O–H groups in total. The number of benzene rings is 7. The molecule has 0 amide bonds. The number of para-hydroxylation sites is 2. The number of fused-ring (bicyclic) bond motifs is 7. The van der Waals surface area contributed by atoms with Gasteiger partial charge in [-0.2, -0.15) is 0 Å². The Morgan fingerprint density at radius 1 is 0.340 bits per heavy atom. The maximum Gasteiger partial charge on any atom is 0.234 e. The summed E-state index contributed by atoms with van der Waals surface area (Å²) in [6.07, 6.45) is 3.88. The molecule has 10 aromatic rings. The minimum Gasteiger partial charge on any atom is -0.309 e. The van der Waals surface area contributed by atoms with Gasteiger partial charge in [0.2, 0.25) is 5.95 Å². The SMILES string of the molecule is c1ccc(-c2ccc(-n3c4ccccc4c4ccc5c(c6ccccc6n5-c5ncc(-c6cccc(-c7ccccc7)c6)cn5)c43)cc2)cc1. The highest BCUT2D eigenvalue weighted by atomic mass is 15.2. The maximum absolute atomic E-state index is 4.99. The molecule has 0 atom stereocenters. The first-order chi connectivity index (χ1) is 24.8. The lowest BCUT2D eigenvalue weighted by Gasteiger charge is -2.11. The van der Waals surface area contributed by atoms with Crippen LogP contribution in [-0.4, -0.2) is 19.1 Å². The van der Waals surface area contributed by atoms with Crippen LogP contribution in [0, 0.1) is 0 Å². The van der Waals surface area contributed by atoms with Crippen molar-refractivity contribution in [1.82, 2.24) is 19.1 Å². The van der Waals surface area contributed by atoms with E-state index in [-0.39, 0.29) is 0 Å². The maximum atomic E-state index is 4.99. The van der Waals surface area contributed by atoms with Crippen LogP contribution in [0.25, 0.3) is 88.6 Å². The van der Waals surface area contributed by atoms with E-state index in [1.54, 1.807) is 0 Å². The van der Waals surface area contributed by atoms with Crippen LogP contribution in [0.3, 0.4) is 0 Å². The fourth-order valence-electron chi connectivity index (χ4n) is 7.52. The van der Waals surface area contributed by atoms with Gasteiger partial charge in [-0.15, -0.1) is 0 Å². The summed E-state index contributed by atoms with van der Waals surface area (Å²) in [6.45, 7) is 0. The van der Waals surface area contributed by atoms with Crippen LogP contribution < -0.4 is 0 Å². The van der Waals surface area contributed by atoms with E-state index in [9.17, 15) is 0 Å². The Hall–Kier alpha value is -6.78. The summed E-state index contributed by atoms with van der Waals surface area (Å²) in [5.74, 6) is 0.647. The second kappa shape index (κ2) is 11.4. The van der Waals surface area contributed by atoms with Crippen molar-refractivity contribution in [1.29, 1.82) is 0 Å². The van der Waals surface area contributed by atoms with Crippen molar-refractivity contribution in [2.45, 2.75) is 0 Å². The Morgan fingerprint density at radius 3 is 1.58 bits per heavy atom. The summed E-state index contributed by atoms with van der Waals surface area (Å²) in [4.78, 5) is 9.97. The largest absolute Gasteiger partial charge is 0.309 e. The quantitative estimate of drug-likeness (QED) is 0.188. The molecular weight excluding hydrogens is 609 g/mol. The third kappa shape index (κ3) is 4.46. The fourth-order valence-corrected chi connectivity index (χ4v) is 7.52. The van der Waals surface area contributed by atoms with Gasteiger partial charge in [0.05, 0.1) is 22.1 Å². The molecule has 3 aromatic heterocycles. The van der Waals surface area contributed by atoms with Crippen molar-refractivity contribution in [3.63, 3.8) is 0 Å². The third-order valence-electron chi connectivity index (χ3n) is 9.84. The second-order valence-electron chi connectivity index (χ2n) is 12.7. The van der Waals surface area contributed by atoms with Gasteiger partial charge >= 0.3 is 0 Å². The van der Waals surface area contributed by atoms with Crippen LogP contribution >= 0.6 is 0 Å². The zero-order valence-electron chi connectivity index (χ0n) is 27.1. The molecule has 0 bridgehead atoms. The molecule has 0 fully saturated rings. The van der Waals surface area contributed by atoms with Crippen molar-refractivity contribution in [3.8, 4) is 45.0 Å². The summed E-state index contributed by atoms with van der Waals surface area (Å²) in [5.41, 5.74) is 12.5. The first-order valence-electron chi connectivity index (χ1n) is 16.9. The van der Waals surface area contributed by atoms with Crippen LogP contribution in [0.2, 0.25) is 0 Å². The lowest BCUT2D eigenvalue weighted by Crippen LogP contribution is -2.01. The summed E-state index contributed by atoms with van der Waals surface area (Å²) in [6, 6.07) is 60.3. The van der Waals surface area contributed by atoms with E-state index < -0.39 is 0 Å². The van der Waals surface area contributed by atoms with Crippen molar-refractivity contribution in [2.75, 3.05) is 0 Å². The Kier molecular flexibility index (Phi) is 6.46. The van der Waals surface area contributed by atoms with Crippen LogP contribution in [0.1, 0.15) is 0 Å². The normalized spacial score (nSPS) is 11.6. The van der Waals surface area contributed by atoms with Crippen molar-refractivity contribution < 1.29 is 0 Å². The summed E-state index contributed by atoms with van der Waals surface area (Å²) in [7, 11) is 0. The fraction of sp³-hybridized carbons (Fsp3) is 0. The number of hydrogen-bond donors (Lipinski definition) is 0. The van der Waals surface area contributed by atoms with Gasteiger partial charge in [0.25, 0.3) is 0 Å². The molecule has 0 aliphatic carbocycles. The molecule has 10 rings (SSSR count). The van der Waals surface area contributed by atoms with Gasteiger partial charge in [0.15, 0.2) is 0 Å². The molecule has 7 aromatic carbocycles. The summed E-state index contributed by atoms with van der Waals surface area (Å²) >= 11 is 0. The summed E-state index contributed by atoms with van der Waals surface area (Å²) in [5, 5.41) is 4.80. The zero-order valence-corrected chi connectivity index (χ0v) is 27.1. The lowest BCUT2D eigenvalue weighted by molar-refractivity contribution is 0.990. The van der Waals surface area contributed by atoms with Gasteiger partial charge in [0, 0.05) is 45.2 Å². The van der Waals surface area contributed by atoms with E-state index in [0.717, 1.165) is 27.8 Å². The monoisotopic (exact) mass is 638 g/mol. The average Bonchev–Trinajstić information content (AvgIpc) is 3.72. The number of nitrogens with zero attached hydrogens (tertiary/aromatic N) is 4. The number of rotatable bonds is 5. The predicted molar refractivity (Wildman–Crippen MR) is 207 cm³/mol. The van der Waals surface area contributed by atoms with E-state index in [4.69, 9.17) is 9.97 Å². The zero-order chi connectivity index (χ0) is 33.0. The average molecular weight is 639 g/mol. The first kappa shape index (κ1) is 28.3. The Balaban J connectivity index is 1.16. The third-order valence-corrected chi connectivity index (χ3v) is 9.84. The van der Waals surface area contributed by atoms with Crippen molar-refractivity contribution >= 4 is 43.6 Å². The molecule has 0 saturated heterocycles. The second-order valence-corrected chi connectivity index (χ2v) is 12.7. The van der Waals surface area contributed by atoms with Gasteiger partial charge in [-0.3, -0.25) is 4.57 Å². The van der Waals surface area contributed by atoms with Gasteiger partial charge in [0.1, 0.15) is 0 Å². The Labute approximate surface area is 289 Å². The number of aromatic nitrogens is 4. The van der Waals surface area contributed by atoms with Gasteiger partial charge in [-0.25, -0.2) is 9.97 Å². The molecule has 3 heterocycles. The Morgan fingerprint density at radius 2 is 0.880 bits per heavy atom. The highest BCUT2D eigenvalue weighted by Crippen LogP contribution is 2.42. The lowest BCUT2D eigenvalue weighted by atomic mass is 10.0. The minimum atomic E-state index is 0.647. The topological polar surface area (TPSA) is 35.6 Å². The molecule has 0 radical (unpaired) electrons. The van der Waals surface area contributed by atoms with E-state index in [1.807, 2.05) is 18.5 Å². The smallest absolute Gasteiger partial charge is 0.234 e. The molecule has 0 saturated carbocycles. The van der Waals surface area contributed by atoms with Crippen molar-refractivity contribution in [2.24, 2.45) is 0 Å². The van der Waals surface area contributed by atoms with E-state index in [1.165, 1.54) is 54.8 Å². The van der Waals surface area contributed by atoms with E-state index in [2.05, 4.69) is 173 Å². The number of hydrogen-bond acceptors (Lipinski definition) is 2. The first-order valence-corrected chi connectivity index (χ1v) is 16.9. The van der Waals surface area contributed by atoms with E-state index >= 15 is 0 Å². The van der Waals surface area contributed by atoms with Crippen molar-refractivity contribution in [3.05, 3.63) is 182 Å². The highest BCUT2D eigenvalue weighted by Gasteiger charge is 2.21. The summed E-state index contributed by atoms with van der Waals surface area (Å²) < 4.78 is 4.62. The van der Waals surface area contributed by atoms with Gasteiger partial charge < -0.3 is 4.57 Å².